The molecule has 0 nitrogen and oxygen atoms in total. The van der Waals surface area contributed by atoms with Gasteiger partial charge in [0.1, 0.15) is 12.3 Å². The van der Waals surface area contributed by atoms with Crippen LogP contribution in [0.5, 0.6) is 0 Å². The number of alkyl halides is 2. The van der Waals surface area contributed by atoms with Crippen molar-refractivity contribution in [2.45, 2.75) is 204 Å². The van der Waals surface area contributed by atoms with E-state index in [1.807, 2.05) is 0 Å². The highest BCUT2D eigenvalue weighted by molar-refractivity contribution is 5.15. The fourth-order valence-electron chi connectivity index (χ4n) is 17.6. The van der Waals surface area contributed by atoms with Crippen molar-refractivity contribution < 1.29 is 11.5 Å². The van der Waals surface area contributed by atoms with Crippen LogP contribution >= 0.6 is 0 Å². The van der Waals surface area contributed by atoms with Gasteiger partial charge in [0, 0.05) is 13.6 Å². The van der Waals surface area contributed by atoms with Crippen LogP contribution in [0.3, 0.4) is 0 Å². The lowest BCUT2D eigenvalue weighted by atomic mass is 9.42. The van der Waals surface area contributed by atoms with Gasteiger partial charge in [0.15, 0.2) is 0 Å². The summed E-state index contributed by atoms with van der Waals surface area (Å²) in [5, 5.41) is 0. The molecule has 0 aromatic rings. The van der Waals surface area contributed by atoms with Gasteiger partial charge < -0.3 is 0 Å². The van der Waals surface area contributed by atoms with Crippen LogP contribution in [-0.4, -0.2) is 12.3 Å². The first kappa shape index (κ1) is 36.5. The molecule has 0 aromatic carbocycles. The van der Waals surface area contributed by atoms with Crippen molar-refractivity contribution in [3.05, 3.63) is 0 Å². The van der Waals surface area contributed by atoms with Gasteiger partial charge in [-0.05, 0) is 171 Å². The van der Waals surface area contributed by atoms with Gasteiger partial charge in [-0.25, -0.2) is 8.78 Å². The van der Waals surface area contributed by atoms with E-state index in [1.54, 1.807) is 0 Å². The Morgan fingerprint density at radius 2 is 1.04 bits per heavy atom. The van der Waals surface area contributed by atoms with Gasteiger partial charge >= 0.3 is 0 Å². The lowest BCUT2D eigenvalue weighted by Crippen LogP contribution is -2.59. The summed E-state index contributed by atoms with van der Waals surface area (Å²) < 4.78 is 48.6. The minimum atomic E-state index is -0.619. The second-order valence-electron chi connectivity index (χ2n) is 22.2. The van der Waals surface area contributed by atoms with Crippen LogP contribution in [0.25, 0.3) is 0 Å². The standard InChI is InChI=1S/C25H43F.C24H41F/c1-6-9-16(2)19-11-12-20-23-17(3)14-18-10-7-8-13-24(18,4)21(23)15-22(26)25(19,20)5;1-6-15(2)18-10-11-19-22-16(3)13-17-9-7-8-12-23(17,4)20(22)14-21(25)24(18,19)5/h16-23H,6-15H2,1-5H3;15-22H,6-14H2,1-5H3/t16-,17?,18?,19-,20?,21?,22?,23?,24+,25-;15-,16?,17?,18-,19?,20?,21?,22?,23+,24-/m11/s1/i2*7D/t7?,16-,17?,18?,19-,20?,21?,22?,23?,24+,25-;7?,15-,16?,17?,18-,19?,20?,21?,22?,23+,24-. The van der Waals surface area contributed by atoms with E-state index in [0.717, 1.165) is 62.2 Å². The van der Waals surface area contributed by atoms with Crippen LogP contribution < -0.4 is 0 Å². The molecular weight excluding hydrogens is 627 g/mol. The minimum absolute atomic E-state index is 0.0827. The van der Waals surface area contributed by atoms with E-state index in [4.69, 9.17) is 2.74 Å². The summed E-state index contributed by atoms with van der Waals surface area (Å²) in [6, 6.07) is 0. The maximum absolute atomic E-state index is 16.0. The van der Waals surface area contributed by atoms with Crippen LogP contribution in [0.2, 0.25) is 0 Å². The molecule has 0 radical (unpaired) electrons. The molecule has 14 unspecified atom stereocenters. The minimum Gasteiger partial charge on any atom is -0.247 e. The van der Waals surface area contributed by atoms with E-state index in [-0.39, 0.29) is 23.6 Å². The number of halogens is 2. The molecule has 22 atom stereocenters. The average Bonchev–Trinajstić information content (AvgIpc) is 3.66. The van der Waals surface area contributed by atoms with Gasteiger partial charge in [-0.15, -0.1) is 0 Å². The zero-order chi connectivity index (χ0) is 38.4. The fraction of sp³-hybridized carbons (Fsp3) is 1.00. The Morgan fingerprint density at radius 1 is 0.608 bits per heavy atom. The Balaban J connectivity index is 0.000000164. The van der Waals surface area contributed by atoms with Gasteiger partial charge in [-0.2, -0.15) is 0 Å². The molecule has 0 bridgehead atoms. The third-order valence-corrected chi connectivity index (χ3v) is 20.5. The van der Waals surface area contributed by atoms with Crippen LogP contribution in [0, 0.1) is 105 Å². The molecule has 8 aliphatic carbocycles. The Bertz CT molecular complexity index is 1270. The molecule has 0 saturated heterocycles. The van der Waals surface area contributed by atoms with E-state index in [1.165, 1.54) is 70.6 Å². The Kier molecular flexibility index (Phi) is 10.3. The highest BCUT2D eigenvalue weighted by Crippen LogP contribution is 2.72. The van der Waals surface area contributed by atoms with E-state index in [2.05, 4.69) is 69.2 Å². The predicted molar refractivity (Wildman–Crippen MR) is 213 cm³/mol. The topological polar surface area (TPSA) is 0 Å². The van der Waals surface area contributed by atoms with E-state index in [0.29, 0.717) is 70.0 Å². The zero-order valence-electron chi connectivity index (χ0n) is 37.2. The zero-order valence-corrected chi connectivity index (χ0v) is 35.2. The molecule has 51 heavy (non-hydrogen) atoms. The first-order chi connectivity index (χ1) is 25.0. The van der Waals surface area contributed by atoms with Crippen LogP contribution in [-0.2, 0) is 0 Å². The van der Waals surface area contributed by atoms with E-state index < -0.39 is 12.3 Å². The van der Waals surface area contributed by atoms with Gasteiger partial charge in [0.05, 0.1) is 0 Å². The maximum atomic E-state index is 16.0. The SMILES string of the molecule is [2H]C1CC[C@@]2(C)C(C1)CC(C)C1C2CC(F)[C@@]2(C)C1CC[C@@H]2[C@H](C)CC.[2H]C1CC[C@@]2(C)C(C1)CC(C)C1C2CC(F)[C@@]2(C)C1CC[C@@H]2[C@H](C)CCC. The van der Waals surface area contributed by atoms with E-state index >= 15 is 8.78 Å². The van der Waals surface area contributed by atoms with Crippen molar-refractivity contribution >= 4 is 0 Å². The third kappa shape index (κ3) is 5.92. The summed E-state index contributed by atoms with van der Waals surface area (Å²) >= 11 is 0. The summed E-state index contributed by atoms with van der Waals surface area (Å²) in [6.07, 6.45) is 18.5. The Morgan fingerprint density at radius 3 is 1.45 bits per heavy atom. The first-order valence-electron chi connectivity index (χ1n) is 24.2. The summed E-state index contributed by atoms with van der Waals surface area (Å²) in [7, 11) is 0. The lowest BCUT2D eigenvalue weighted by molar-refractivity contribution is -0.166. The van der Waals surface area contributed by atoms with Gasteiger partial charge in [0.25, 0.3) is 0 Å². The third-order valence-electron chi connectivity index (χ3n) is 20.5. The molecular formula is C49H84F2. The van der Waals surface area contributed by atoms with Crippen LogP contribution in [0.15, 0.2) is 0 Å². The normalized spacial score (nSPS) is 59.2. The van der Waals surface area contributed by atoms with Crippen molar-refractivity contribution in [2.75, 3.05) is 0 Å². The molecule has 0 heterocycles. The highest BCUT2D eigenvalue weighted by Gasteiger charge is 2.67. The number of hydrogen-bond donors (Lipinski definition) is 0. The van der Waals surface area contributed by atoms with Gasteiger partial charge in [-0.1, -0.05) is 114 Å². The van der Waals surface area contributed by atoms with Crippen LogP contribution in [0.1, 0.15) is 194 Å². The number of fused-ring (bicyclic) bond motifs is 10. The summed E-state index contributed by atoms with van der Waals surface area (Å²) in [4.78, 5) is 0. The lowest BCUT2D eigenvalue weighted by Gasteiger charge is -2.63. The quantitative estimate of drug-likeness (QED) is 0.266. The molecule has 0 aliphatic heterocycles. The molecule has 8 aliphatic rings. The smallest absolute Gasteiger partial charge is 0.106 e. The second-order valence-corrected chi connectivity index (χ2v) is 22.2. The monoisotopic (exact) mass is 713 g/mol. The highest BCUT2D eigenvalue weighted by atomic mass is 19.1. The van der Waals surface area contributed by atoms with Crippen LogP contribution in [0.4, 0.5) is 8.78 Å². The second kappa shape index (κ2) is 14.4. The van der Waals surface area contributed by atoms with Crippen molar-refractivity contribution in [3.8, 4) is 0 Å². The molecule has 0 amide bonds. The summed E-state index contributed by atoms with van der Waals surface area (Å²) in [5.41, 5.74) is 0.433. The van der Waals surface area contributed by atoms with Crippen molar-refractivity contribution in [1.29, 1.82) is 0 Å². The Labute approximate surface area is 318 Å². The molecule has 8 rings (SSSR count). The molecule has 2 heteroatoms. The molecule has 294 valence electrons. The predicted octanol–water partition coefficient (Wildman–Crippen LogP) is 14.9. The van der Waals surface area contributed by atoms with Crippen molar-refractivity contribution in [2.24, 2.45) is 105 Å². The first-order valence-corrected chi connectivity index (χ1v) is 23.1. The van der Waals surface area contributed by atoms with Gasteiger partial charge in [0.2, 0.25) is 0 Å². The maximum Gasteiger partial charge on any atom is 0.106 e. The van der Waals surface area contributed by atoms with Crippen molar-refractivity contribution in [3.63, 3.8) is 0 Å². The summed E-state index contributed by atoms with van der Waals surface area (Å²) in [5.74, 6) is 9.02. The number of hydrogen-bond acceptors (Lipinski definition) is 0. The molecule has 0 aromatic heterocycles. The average molecular weight is 713 g/mol. The molecule has 0 N–H and O–H groups in total. The number of rotatable bonds is 5. The Hall–Kier alpha value is -0.140. The molecule has 8 fully saturated rings. The van der Waals surface area contributed by atoms with Crippen molar-refractivity contribution in [1.82, 2.24) is 0 Å². The fourth-order valence-corrected chi connectivity index (χ4v) is 17.6. The largest absolute Gasteiger partial charge is 0.247 e. The molecule has 0 spiro atoms. The van der Waals surface area contributed by atoms with Gasteiger partial charge in [-0.3, -0.25) is 0 Å². The van der Waals surface area contributed by atoms with E-state index in [9.17, 15) is 0 Å². The summed E-state index contributed by atoms with van der Waals surface area (Å²) in [6.45, 7) is 24.0. The molecule has 8 saturated carbocycles.